The van der Waals surface area contributed by atoms with Crippen molar-refractivity contribution in [1.29, 1.82) is 5.26 Å². The SMILES string of the molecule is N#Cc1cccc(CNc2nc(Cl)nc3c2cnn3[C@H]2CC[C@@H](COCP(=O)(O)O)O2)c1. The molecule has 3 N–H and O–H groups in total. The van der Waals surface area contributed by atoms with Gasteiger partial charge >= 0.3 is 7.60 Å². The number of halogens is 1. The van der Waals surface area contributed by atoms with Gasteiger partial charge in [0.1, 0.15) is 12.2 Å². The Morgan fingerprint density at radius 2 is 2.22 bits per heavy atom. The third-order valence-electron chi connectivity index (χ3n) is 4.86. The number of rotatable bonds is 8. The number of hydrogen-bond donors (Lipinski definition) is 3. The van der Waals surface area contributed by atoms with Gasteiger partial charge in [-0.1, -0.05) is 12.1 Å². The zero-order valence-electron chi connectivity index (χ0n) is 16.8. The van der Waals surface area contributed by atoms with E-state index in [4.69, 9.17) is 36.1 Å². The standard InChI is InChI=1S/C19H20ClN6O5P/c20-19-24-17(22-8-13-3-1-2-12(6-13)7-21)15-9-23-26(18(15)25-19)16-5-4-14(31-16)10-30-11-32(27,28)29/h1-3,6,9,14,16H,4-5,8,10-11H2,(H,22,24,25)(H2,27,28,29)/t14-,16+/m0/s1. The maximum atomic E-state index is 10.9. The molecule has 32 heavy (non-hydrogen) atoms. The first-order valence-corrected chi connectivity index (χ1v) is 11.9. The number of hydrogen-bond acceptors (Lipinski definition) is 8. The molecule has 0 unspecified atom stereocenters. The third kappa shape index (κ3) is 5.42. The first kappa shape index (κ1) is 22.6. The Hall–Kier alpha value is -2.58. The van der Waals surface area contributed by atoms with Crippen LogP contribution in [0, 0.1) is 11.3 Å². The zero-order valence-corrected chi connectivity index (χ0v) is 18.4. The van der Waals surface area contributed by atoms with Gasteiger partial charge in [-0.15, -0.1) is 0 Å². The molecule has 1 aliphatic rings. The minimum absolute atomic E-state index is 0.0482. The lowest BCUT2D eigenvalue weighted by molar-refractivity contribution is -0.0391. The molecular weight excluding hydrogens is 459 g/mol. The van der Waals surface area contributed by atoms with Gasteiger partial charge < -0.3 is 24.6 Å². The summed E-state index contributed by atoms with van der Waals surface area (Å²) in [6, 6.07) is 9.35. The first-order chi connectivity index (χ1) is 15.3. The molecule has 1 fully saturated rings. The quantitative estimate of drug-likeness (QED) is 0.325. The number of aromatic nitrogens is 4. The summed E-state index contributed by atoms with van der Waals surface area (Å²) in [4.78, 5) is 26.4. The van der Waals surface area contributed by atoms with Gasteiger partial charge in [-0.2, -0.15) is 20.3 Å². The second kappa shape index (κ2) is 9.50. The largest absolute Gasteiger partial charge is 0.366 e. The first-order valence-electron chi connectivity index (χ1n) is 9.74. The van der Waals surface area contributed by atoms with Gasteiger partial charge in [-0.3, -0.25) is 4.57 Å². The molecular formula is C19H20ClN6O5P. The molecule has 4 rings (SSSR count). The van der Waals surface area contributed by atoms with Gasteiger partial charge in [-0.25, -0.2) is 4.68 Å². The summed E-state index contributed by atoms with van der Waals surface area (Å²) in [5.74, 6) is 0.508. The van der Waals surface area contributed by atoms with E-state index < -0.39 is 20.2 Å². The van der Waals surface area contributed by atoms with Crippen LogP contribution in [0.5, 0.6) is 0 Å². The topological polar surface area (TPSA) is 155 Å². The van der Waals surface area contributed by atoms with E-state index in [-0.39, 0.29) is 18.0 Å². The van der Waals surface area contributed by atoms with Crippen LogP contribution in [-0.4, -0.2) is 48.6 Å². The van der Waals surface area contributed by atoms with Crippen molar-refractivity contribution < 1.29 is 23.8 Å². The van der Waals surface area contributed by atoms with E-state index in [0.29, 0.717) is 41.8 Å². The highest BCUT2D eigenvalue weighted by atomic mass is 35.5. The van der Waals surface area contributed by atoms with Crippen molar-refractivity contribution in [3.05, 3.63) is 46.9 Å². The predicted octanol–water partition coefficient (Wildman–Crippen LogP) is 2.79. The number of fused-ring (bicyclic) bond motifs is 1. The van der Waals surface area contributed by atoms with E-state index in [9.17, 15) is 4.57 Å². The van der Waals surface area contributed by atoms with Crippen LogP contribution < -0.4 is 5.32 Å². The van der Waals surface area contributed by atoms with Gasteiger partial charge in [0.15, 0.2) is 11.9 Å². The Morgan fingerprint density at radius 3 is 3.00 bits per heavy atom. The zero-order chi connectivity index (χ0) is 22.7. The second-order valence-electron chi connectivity index (χ2n) is 7.29. The fraction of sp³-hybridized carbons (Fsp3) is 0.368. The smallest absolute Gasteiger partial charge is 0.350 e. The van der Waals surface area contributed by atoms with Crippen molar-refractivity contribution in [1.82, 2.24) is 19.7 Å². The molecule has 0 saturated carbocycles. The van der Waals surface area contributed by atoms with E-state index in [1.54, 1.807) is 23.0 Å². The van der Waals surface area contributed by atoms with Crippen LogP contribution in [0.15, 0.2) is 30.5 Å². The van der Waals surface area contributed by atoms with Gasteiger partial charge in [0.2, 0.25) is 5.28 Å². The molecule has 13 heteroatoms. The molecule has 3 aromatic rings. The van der Waals surface area contributed by atoms with Crippen LogP contribution in [0.1, 0.15) is 30.2 Å². The summed E-state index contributed by atoms with van der Waals surface area (Å²) in [6.07, 6.45) is 1.53. The second-order valence-corrected chi connectivity index (χ2v) is 9.21. The number of anilines is 1. The highest BCUT2D eigenvalue weighted by Crippen LogP contribution is 2.35. The molecule has 11 nitrogen and oxygen atoms in total. The maximum absolute atomic E-state index is 10.9. The fourth-order valence-electron chi connectivity index (χ4n) is 3.47. The van der Waals surface area contributed by atoms with Gasteiger partial charge in [0, 0.05) is 6.54 Å². The molecule has 0 bridgehead atoms. The van der Waals surface area contributed by atoms with Crippen LogP contribution in [0.25, 0.3) is 11.0 Å². The number of benzene rings is 1. The van der Waals surface area contributed by atoms with Crippen molar-refractivity contribution in [2.75, 3.05) is 18.3 Å². The normalized spacial score (nSPS) is 18.7. The molecule has 0 amide bonds. The number of nitriles is 1. The summed E-state index contributed by atoms with van der Waals surface area (Å²) in [5, 5.41) is 17.4. The Morgan fingerprint density at radius 1 is 1.38 bits per heavy atom. The minimum Gasteiger partial charge on any atom is -0.366 e. The summed E-state index contributed by atoms with van der Waals surface area (Å²) in [5.41, 5.74) is 1.98. The van der Waals surface area contributed by atoms with E-state index >= 15 is 0 Å². The van der Waals surface area contributed by atoms with E-state index in [1.165, 1.54) is 0 Å². The molecule has 0 spiro atoms. The van der Waals surface area contributed by atoms with E-state index in [1.807, 2.05) is 12.1 Å². The van der Waals surface area contributed by atoms with Crippen LogP contribution in [-0.2, 0) is 20.6 Å². The predicted molar refractivity (Wildman–Crippen MR) is 115 cm³/mol. The highest BCUT2D eigenvalue weighted by Gasteiger charge is 2.30. The lowest BCUT2D eigenvalue weighted by Crippen LogP contribution is -2.18. The Bertz CT molecular complexity index is 1210. The lowest BCUT2D eigenvalue weighted by atomic mass is 10.1. The molecule has 1 aliphatic heterocycles. The van der Waals surface area contributed by atoms with Gasteiger partial charge in [0.25, 0.3) is 0 Å². The van der Waals surface area contributed by atoms with Crippen molar-refractivity contribution in [2.45, 2.75) is 31.7 Å². The van der Waals surface area contributed by atoms with Crippen molar-refractivity contribution in [3.8, 4) is 6.07 Å². The van der Waals surface area contributed by atoms with Crippen molar-refractivity contribution in [2.24, 2.45) is 0 Å². The fourth-order valence-corrected chi connectivity index (χ4v) is 3.98. The molecule has 0 radical (unpaired) electrons. The Kier molecular flexibility index (Phi) is 6.71. The third-order valence-corrected chi connectivity index (χ3v) is 5.55. The van der Waals surface area contributed by atoms with Gasteiger partial charge in [0.05, 0.1) is 35.9 Å². The summed E-state index contributed by atoms with van der Waals surface area (Å²) >= 11 is 6.15. The van der Waals surface area contributed by atoms with Crippen LogP contribution in [0.2, 0.25) is 5.28 Å². The average Bonchev–Trinajstić information content (AvgIpc) is 3.38. The number of ether oxygens (including phenoxy) is 2. The molecule has 0 aliphatic carbocycles. The molecule has 2 aromatic heterocycles. The van der Waals surface area contributed by atoms with Crippen LogP contribution >= 0.6 is 19.2 Å². The Labute approximate surface area is 188 Å². The highest BCUT2D eigenvalue weighted by molar-refractivity contribution is 7.51. The van der Waals surface area contributed by atoms with Crippen LogP contribution in [0.3, 0.4) is 0 Å². The maximum Gasteiger partial charge on any atom is 0.350 e. The monoisotopic (exact) mass is 478 g/mol. The molecule has 168 valence electrons. The summed E-state index contributed by atoms with van der Waals surface area (Å²) < 4.78 is 23.5. The Balaban J connectivity index is 1.47. The molecule has 3 heterocycles. The molecule has 1 aromatic carbocycles. The summed E-state index contributed by atoms with van der Waals surface area (Å²) in [7, 11) is -4.21. The van der Waals surface area contributed by atoms with E-state index in [0.717, 1.165) is 5.56 Å². The van der Waals surface area contributed by atoms with E-state index in [2.05, 4.69) is 26.5 Å². The molecule has 2 atom stereocenters. The van der Waals surface area contributed by atoms with Crippen molar-refractivity contribution >= 4 is 36.0 Å². The van der Waals surface area contributed by atoms with Crippen molar-refractivity contribution in [3.63, 3.8) is 0 Å². The molecule has 1 saturated heterocycles. The number of nitrogens with one attached hydrogen (secondary N) is 1. The average molecular weight is 479 g/mol. The lowest BCUT2D eigenvalue weighted by Gasteiger charge is -2.15. The van der Waals surface area contributed by atoms with Crippen LogP contribution in [0.4, 0.5) is 5.82 Å². The minimum atomic E-state index is -4.21. The number of nitrogens with zero attached hydrogens (tertiary/aromatic N) is 5. The summed E-state index contributed by atoms with van der Waals surface area (Å²) in [6.45, 7) is 0.507. The van der Waals surface area contributed by atoms with Gasteiger partial charge in [-0.05, 0) is 42.1 Å².